The molecule has 2 aliphatic carbocycles. The summed E-state index contributed by atoms with van der Waals surface area (Å²) in [5, 5.41) is 9.31. The Morgan fingerprint density at radius 2 is 1.97 bits per heavy atom. The van der Waals surface area contributed by atoms with Gasteiger partial charge in [0, 0.05) is 23.7 Å². The molecule has 0 amide bonds. The quantitative estimate of drug-likeness (QED) is 0.352. The number of alkyl halides is 3. The number of carboxylic acid groups (broad SMARTS) is 1. The van der Waals surface area contributed by atoms with Gasteiger partial charge < -0.3 is 14.6 Å². The van der Waals surface area contributed by atoms with Gasteiger partial charge in [0.2, 0.25) is 0 Å². The van der Waals surface area contributed by atoms with Crippen LogP contribution < -0.4 is 9.47 Å². The predicted molar refractivity (Wildman–Crippen MR) is 129 cm³/mol. The van der Waals surface area contributed by atoms with Crippen LogP contribution in [0.4, 0.5) is 13.2 Å². The fraction of sp³-hybridized carbons (Fsp3) is 0.286. The molecule has 0 spiro atoms. The highest BCUT2D eigenvalue weighted by Crippen LogP contribution is 2.61. The molecule has 190 valence electrons. The average molecular weight is 508 g/mol. The highest BCUT2D eigenvalue weighted by molar-refractivity contribution is 5.78. The van der Waals surface area contributed by atoms with Crippen molar-refractivity contribution in [3.05, 3.63) is 82.7 Å². The monoisotopic (exact) mass is 508 g/mol. The lowest BCUT2D eigenvalue weighted by atomic mass is 9.99. The second-order valence-electron chi connectivity index (χ2n) is 9.60. The molecular formula is C28H23F3N2O4. The number of hydrogen-bond donors (Lipinski definition) is 1. The van der Waals surface area contributed by atoms with Crippen molar-refractivity contribution in [2.75, 3.05) is 7.11 Å². The van der Waals surface area contributed by atoms with Crippen molar-refractivity contribution >= 4 is 11.6 Å². The molecule has 1 N–H and O–H groups in total. The van der Waals surface area contributed by atoms with Gasteiger partial charge in [-0.25, -0.2) is 4.98 Å². The molecule has 6 nitrogen and oxygen atoms in total. The largest absolute Gasteiger partial charge is 0.497 e. The molecule has 0 aliphatic heterocycles. The van der Waals surface area contributed by atoms with Crippen LogP contribution in [-0.2, 0) is 24.0 Å². The van der Waals surface area contributed by atoms with Crippen LogP contribution in [0.15, 0.2) is 54.7 Å². The molecule has 0 bridgehead atoms. The summed E-state index contributed by atoms with van der Waals surface area (Å²) in [4.78, 5) is 15.2. The number of pyridine rings is 1. The van der Waals surface area contributed by atoms with Crippen LogP contribution in [0.1, 0.15) is 33.9 Å². The van der Waals surface area contributed by atoms with E-state index >= 15 is 0 Å². The Bertz CT molecular complexity index is 1560. The summed E-state index contributed by atoms with van der Waals surface area (Å²) in [6.45, 7) is 1.95. The second-order valence-corrected chi connectivity index (χ2v) is 9.60. The summed E-state index contributed by atoms with van der Waals surface area (Å²) in [7, 11) is 1.45. The summed E-state index contributed by atoms with van der Waals surface area (Å²) >= 11 is 0. The number of imidazole rings is 1. The first-order valence-corrected chi connectivity index (χ1v) is 11.9. The Balaban J connectivity index is 1.30. The summed E-state index contributed by atoms with van der Waals surface area (Å²) in [5.41, 5.74) is 3.16. The Hall–Kier alpha value is -4.01. The number of benzene rings is 2. The van der Waals surface area contributed by atoms with Crippen LogP contribution >= 0.6 is 0 Å². The number of halogens is 3. The number of carbonyl (C=O) groups is 1. The topological polar surface area (TPSA) is 73.1 Å². The molecule has 0 saturated heterocycles. The lowest BCUT2D eigenvalue weighted by molar-refractivity contribution is -0.140. The number of rotatable bonds is 6. The highest BCUT2D eigenvalue weighted by Gasteiger charge is 2.59. The minimum absolute atomic E-state index is 0.0331. The van der Waals surface area contributed by atoms with Crippen LogP contribution in [-0.4, -0.2) is 27.6 Å². The minimum atomic E-state index is -4.64. The van der Waals surface area contributed by atoms with Crippen molar-refractivity contribution in [2.45, 2.75) is 32.0 Å². The Labute approximate surface area is 210 Å². The normalized spacial score (nSPS) is 20.0. The molecule has 3 unspecified atom stereocenters. The molecule has 1 fully saturated rings. The van der Waals surface area contributed by atoms with E-state index in [0.29, 0.717) is 22.6 Å². The Morgan fingerprint density at radius 3 is 2.70 bits per heavy atom. The van der Waals surface area contributed by atoms with Gasteiger partial charge in [-0.3, -0.25) is 9.20 Å². The number of nitrogens with zero attached hydrogens (tertiary/aromatic N) is 2. The van der Waals surface area contributed by atoms with Crippen molar-refractivity contribution in [3.8, 4) is 22.8 Å². The van der Waals surface area contributed by atoms with E-state index in [1.54, 1.807) is 25.1 Å². The maximum absolute atomic E-state index is 14.0. The summed E-state index contributed by atoms with van der Waals surface area (Å²) in [5.74, 6) is 0.294. The molecule has 0 radical (unpaired) electrons. The first-order chi connectivity index (χ1) is 17.7. The molecular weight excluding hydrogens is 485 g/mol. The van der Waals surface area contributed by atoms with Crippen LogP contribution in [0.2, 0.25) is 0 Å². The predicted octanol–water partition coefficient (Wildman–Crippen LogP) is 5.89. The molecule has 1 saturated carbocycles. The molecule has 4 aromatic rings. The van der Waals surface area contributed by atoms with Crippen LogP contribution in [0.25, 0.3) is 16.9 Å². The number of hydrogen-bond acceptors (Lipinski definition) is 4. The molecule has 2 aliphatic rings. The van der Waals surface area contributed by atoms with Gasteiger partial charge in [0.05, 0.1) is 18.7 Å². The second kappa shape index (κ2) is 8.26. The summed E-state index contributed by atoms with van der Waals surface area (Å²) in [6.07, 6.45) is -2.39. The van der Waals surface area contributed by atoms with Gasteiger partial charge in [-0.15, -0.1) is 0 Å². The first-order valence-electron chi connectivity index (χ1n) is 11.9. The third-order valence-electron chi connectivity index (χ3n) is 7.58. The van der Waals surface area contributed by atoms with E-state index in [0.717, 1.165) is 23.1 Å². The van der Waals surface area contributed by atoms with Crippen molar-refractivity contribution in [3.63, 3.8) is 0 Å². The van der Waals surface area contributed by atoms with Gasteiger partial charge in [0.15, 0.2) is 5.69 Å². The molecule has 37 heavy (non-hydrogen) atoms. The molecule has 2 heterocycles. The molecule has 9 heteroatoms. The maximum Gasteiger partial charge on any atom is 0.435 e. The fourth-order valence-electron chi connectivity index (χ4n) is 5.68. The van der Waals surface area contributed by atoms with E-state index in [-0.39, 0.29) is 35.7 Å². The Morgan fingerprint density at radius 1 is 1.16 bits per heavy atom. The fourth-order valence-corrected chi connectivity index (χ4v) is 5.68. The smallest absolute Gasteiger partial charge is 0.435 e. The van der Waals surface area contributed by atoms with Gasteiger partial charge >= 0.3 is 12.1 Å². The zero-order chi connectivity index (χ0) is 26.1. The number of aromatic nitrogens is 2. The maximum atomic E-state index is 14.0. The molecule has 2 aromatic carbocycles. The molecule has 3 atom stereocenters. The first kappa shape index (κ1) is 23.4. The molecule has 6 rings (SSSR count). The van der Waals surface area contributed by atoms with Crippen LogP contribution in [0.5, 0.6) is 11.5 Å². The van der Waals surface area contributed by atoms with Crippen LogP contribution in [0.3, 0.4) is 0 Å². The van der Waals surface area contributed by atoms with E-state index in [1.807, 2.05) is 24.3 Å². The highest BCUT2D eigenvalue weighted by atomic mass is 19.4. The van der Waals surface area contributed by atoms with Crippen molar-refractivity contribution in [1.29, 1.82) is 0 Å². The summed E-state index contributed by atoms with van der Waals surface area (Å²) < 4.78 is 54.6. The van der Waals surface area contributed by atoms with Crippen molar-refractivity contribution < 1.29 is 32.5 Å². The number of fused-ring (bicyclic) bond motifs is 4. The third-order valence-corrected chi connectivity index (χ3v) is 7.58. The van der Waals surface area contributed by atoms with E-state index < -0.39 is 17.8 Å². The molecule has 2 aromatic heterocycles. The van der Waals surface area contributed by atoms with Gasteiger partial charge in [0.25, 0.3) is 0 Å². The lowest BCUT2D eigenvalue weighted by Crippen LogP contribution is -2.09. The minimum Gasteiger partial charge on any atom is -0.497 e. The van der Waals surface area contributed by atoms with Gasteiger partial charge in [-0.05, 0) is 59.7 Å². The van der Waals surface area contributed by atoms with E-state index in [1.165, 1.54) is 23.8 Å². The van der Waals surface area contributed by atoms with Crippen LogP contribution in [0, 0.1) is 18.8 Å². The number of methoxy groups -OCH3 is 1. The summed E-state index contributed by atoms with van der Waals surface area (Å²) in [6, 6.07) is 14.0. The number of ether oxygens (including phenoxy) is 2. The SMILES string of the molecule is COc1ccn2c(-c3cccc(COc4ccc5c(c4)CC4C(C(=O)O)C54)c3C)c(C(F)(F)F)nc2c1. The van der Waals surface area contributed by atoms with Crippen molar-refractivity contribution in [1.82, 2.24) is 9.38 Å². The number of carboxylic acids is 1. The van der Waals surface area contributed by atoms with Gasteiger partial charge in [0.1, 0.15) is 23.8 Å². The van der Waals surface area contributed by atoms with Gasteiger partial charge in [-0.1, -0.05) is 24.3 Å². The van der Waals surface area contributed by atoms with E-state index in [9.17, 15) is 23.1 Å². The lowest BCUT2D eigenvalue weighted by Gasteiger charge is -2.15. The standard InChI is InChI=1S/C28H23F3N2O4/c1-14-15(13-37-18-6-7-20-16(10-18)11-21-23(20)24(21)27(34)35)4-3-5-19(14)25-26(28(29,30)31)32-22-12-17(36-2)8-9-33(22)25/h3-10,12,21,23-24H,11,13H2,1-2H3,(H,34,35). The van der Waals surface area contributed by atoms with E-state index in [2.05, 4.69) is 4.98 Å². The Kier molecular flexibility index (Phi) is 5.22. The average Bonchev–Trinajstić information content (AvgIpc) is 3.25. The number of aliphatic carboxylic acids is 1. The zero-order valence-corrected chi connectivity index (χ0v) is 20.0. The third kappa shape index (κ3) is 3.80. The van der Waals surface area contributed by atoms with E-state index in [4.69, 9.17) is 9.47 Å². The van der Waals surface area contributed by atoms with Crippen molar-refractivity contribution in [2.24, 2.45) is 11.8 Å². The zero-order valence-electron chi connectivity index (χ0n) is 20.0. The van der Waals surface area contributed by atoms with Gasteiger partial charge in [-0.2, -0.15) is 13.2 Å².